The number of likely N-dealkylation sites (tertiary alicyclic amines) is 1. The molecule has 1 fully saturated rings. The molecule has 0 spiro atoms. The van der Waals surface area contributed by atoms with E-state index in [0.29, 0.717) is 24.0 Å². The Bertz CT molecular complexity index is 843. The Balaban J connectivity index is 1.49. The van der Waals surface area contributed by atoms with Crippen LogP contribution in [-0.2, 0) is 16.6 Å². The quantitative estimate of drug-likeness (QED) is 0.663. The molecule has 0 atom stereocenters. The van der Waals surface area contributed by atoms with Crippen LogP contribution in [0.3, 0.4) is 0 Å². The van der Waals surface area contributed by atoms with Crippen LogP contribution >= 0.6 is 11.3 Å². The first kappa shape index (κ1) is 21.3. The van der Waals surface area contributed by atoms with Crippen LogP contribution in [0.2, 0.25) is 0 Å². The SMILES string of the molecule is CCCOc1ccc(S(=O)(=O)NCC2CCN(Cc3ccsc3)CC2)cc1C. The van der Waals surface area contributed by atoms with Crippen molar-refractivity contribution in [2.24, 2.45) is 5.92 Å². The van der Waals surface area contributed by atoms with Crippen molar-refractivity contribution in [3.05, 3.63) is 46.2 Å². The Morgan fingerprint density at radius 2 is 2.04 bits per heavy atom. The zero-order chi connectivity index (χ0) is 20.0. The zero-order valence-electron chi connectivity index (χ0n) is 16.7. The number of ether oxygens (including phenoxy) is 1. The van der Waals surface area contributed by atoms with E-state index in [1.165, 1.54) is 5.56 Å². The number of nitrogens with zero attached hydrogens (tertiary/aromatic N) is 1. The van der Waals surface area contributed by atoms with E-state index >= 15 is 0 Å². The van der Waals surface area contributed by atoms with Crippen LogP contribution < -0.4 is 9.46 Å². The van der Waals surface area contributed by atoms with Crippen LogP contribution in [0.5, 0.6) is 5.75 Å². The number of sulfonamides is 1. The number of hydrogen-bond donors (Lipinski definition) is 1. The molecular formula is C21H30N2O3S2. The molecule has 3 rings (SSSR count). The minimum absolute atomic E-state index is 0.309. The van der Waals surface area contributed by atoms with Gasteiger partial charge in [-0.25, -0.2) is 13.1 Å². The van der Waals surface area contributed by atoms with Gasteiger partial charge in [0.15, 0.2) is 0 Å². The maximum Gasteiger partial charge on any atom is 0.240 e. The maximum atomic E-state index is 12.7. The first-order valence-corrected chi connectivity index (χ1v) is 12.4. The summed E-state index contributed by atoms with van der Waals surface area (Å²) >= 11 is 1.73. The molecule has 0 saturated carbocycles. The van der Waals surface area contributed by atoms with E-state index < -0.39 is 10.0 Å². The number of aryl methyl sites for hydroxylation is 1. The number of hydrogen-bond acceptors (Lipinski definition) is 5. The molecule has 2 heterocycles. The summed E-state index contributed by atoms with van der Waals surface area (Å²) in [5.41, 5.74) is 2.21. The lowest BCUT2D eigenvalue weighted by molar-refractivity contribution is 0.179. The highest BCUT2D eigenvalue weighted by molar-refractivity contribution is 7.89. The smallest absolute Gasteiger partial charge is 0.240 e. The van der Waals surface area contributed by atoms with Crippen LogP contribution in [0.15, 0.2) is 39.9 Å². The molecule has 1 saturated heterocycles. The van der Waals surface area contributed by atoms with Gasteiger partial charge in [0.05, 0.1) is 11.5 Å². The molecule has 0 unspecified atom stereocenters. The summed E-state index contributed by atoms with van der Waals surface area (Å²) in [5.74, 6) is 1.14. The van der Waals surface area contributed by atoms with Crippen molar-refractivity contribution in [3.8, 4) is 5.75 Å². The van der Waals surface area contributed by atoms with Crippen molar-refractivity contribution in [3.63, 3.8) is 0 Å². The molecule has 0 radical (unpaired) electrons. The predicted molar refractivity (Wildman–Crippen MR) is 114 cm³/mol. The van der Waals surface area contributed by atoms with Crippen LogP contribution in [0.4, 0.5) is 0 Å². The van der Waals surface area contributed by atoms with Crippen LogP contribution in [-0.4, -0.2) is 39.6 Å². The Labute approximate surface area is 172 Å². The highest BCUT2D eigenvalue weighted by Gasteiger charge is 2.22. The van der Waals surface area contributed by atoms with Crippen molar-refractivity contribution in [1.29, 1.82) is 0 Å². The highest BCUT2D eigenvalue weighted by Crippen LogP contribution is 2.23. The molecule has 2 aromatic rings. The third-order valence-corrected chi connectivity index (χ3v) is 7.33. The van der Waals surface area contributed by atoms with E-state index in [1.807, 2.05) is 13.8 Å². The Hall–Kier alpha value is -1.41. The average Bonchev–Trinajstić information content (AvgIpc) is 3.19. The van der Waals surface area contributed by atoms with Gasteiger partial charge < -0.3 is 4.74 Å². The molecule has 1 aliphatic rings. The number of thiophene rings is 1. The standard InChI is InChI=1S/C21H30N2O3S2/c1-3-11-26-21-5-4-20(13-17(21)2)28(24,25)22-14-18-6-9-23(10-7-18)15-19-8-12-27-16-19/h4-5,8,12-13,16,18,22H,3,6-7,9-11,14-15H2,1-2H3. The molecule has 1 aromatic carbocycles. The van der Waals surface area contributed by atoms with Gasteiger partial charge >= 0.3 is 0 Å². The van der Waals surface area contributed by atoms with E-state index in [1.54, 1.807) is 29.5 Å². The summed E-state index contributed by atoms with van der Waals surface area (Å²) in [4.78, 5) is 2.76. The van der Waals surface area contributed by atoms with Crippen molar-refractivity contribution in [2.75, 3.05) is 26.2 Å². The molecular weight excluding hydrogens is 392 g/mol. The van der Waals surface area contributed by atoms with Gasteiger partial charge in [0.2, 0.25) is 10.0 Å². The lowest BCUT2D eigenvalue weighted by Gasteiger charge is -2.31. The van der Waals surface area contributed by atoms with Crippen LogP contribution in [0.25, 0.3) is 0 Å². The molecule has 5 nitrogen and oxygen atoms in total. The second-order valence-corrected chi connectivity index (χ2v) is 10.0. The Kier molecular flexibility index (Phi) is 7.51. The first-order chi connectivity index (χ1) is 13.5. The number of nitrogens with one attached hydrogen (secondary N) is 1. The van der Waals surface area contributed by atoms with Crippen LogP contribution in [0.1, 0.15) is 37.3 Å². The van der Waals surface area contributed by atoms with Crippen molar-refractivity contribution >= 4 is 21.4 Å². The number of piperidine rings is 1. The third kappa shape index (κ3) is 5.80. The number of rotatable bonds is 9. The topological polar surface area (TPSA) is 58.6 Å². The normalized spacial score (nSPS) is 16.4. The third-order valence-electron chi connectivity index (χ3n) is 5.17. The van der Waals surface area contributed by atoms with Crippen molar-refractivity contribution < 1.29 is 13.2 Å². The molecule has 154 valence electrons. The highest BCUT2D eigenvalue weighted by atomic mass is 32.2. The van der Waals surface area contributed by atoms with Gasteiger partial charge in [0, 0.05) is 13.1 Å². The fraction of sp³-hybridized carbons (Fsp3) is 0.524. The fourth-order valence-corrected chi connectivity index (χ4v) is 5.32. The predicted octanol–water partition coefficient (Wildman–Crippen LogP) is 4.04. The lowest BCUT2D eigenvalue weighted by Crippen LogP contribution is -2.38. The molecule has 7 heteroatoms. The van der Waals surface area contributed by atoms with Gasteiger partial charge in [-0.2, -0.15) is 11.3 Å². The van der Waals surface area contributed by atoms with E-state index in [2.05, 4.69) is 26.4 Å². The largest absolute Gasteiger partial charge is 0.493 e. The summed E-state index contributed by atoms with van der Waals surface area (Å²) in [7, 11) is -3.49. The molecule has 1 aromatic heterocycles. The molecule has 0 bridgehead atoms. The van der Waals surface area contributed by atoms with E-state index in [-0.39, 0.29) is 0 Å². The minimum atomic E-state index is -3.49. The van der Waals surface area contributed by atoms with Crippen LogP contribution in [0, 0.1) is 12.8 Å². The first-order valence-electron chi connectivity index (χ1n) is 9.94. The molecule has 0 aliphatic carbocycles. The fourth-order valence-electron chi connectivity index (χ4n) is 3.46. The van der Waals surface area contributed by atoms with Crippen molar-refractivity contribution in [1.82, 2.24) is 9.62 Å². The zero-order valence-corrected chi connectivity index (χ0v) is 18.3. The second-order valence-electron chi connectivity index (χ2n) is 7.48. The minimum Gasteiger partial charge on any atom is -0.493 e. The van der Waals surface area contributed by atoms with Gasteiger partial charge in [-0.15, -0.1) is 0 Å². The van der Waals surface area contributed by atoms with E-state index in [4.69, 9.17) is 4.74 Å². The number of benzene rings is 1. The van der Waals surface area contributed by atoms with Gasteiger partial charge in [0.1, 0.15) is 5.75 Å². The van der Waals surface area contributed by atoms with E-state index in [9.17, 15) is 8.42 Å². The van der Waals surface area contributed by atoms with Crippen molar-refractivity contribution in [2.45, 2.75) is 44.6 Å². The maximum absolute atomic E-state index is 12.7. The summed E-state index contributed by atoms with van der Waals surface area (Å²) in [6.07, 6.45) is 2.97. The Morgan fingerprint density at radius 1 is 1.25 bits per heavy atom. The summed E-state index contributed by atoms with van der Waals surface area (Å²) in [6, 6.07) is 7.24. The molecule has 0 amide bonds. The Morgan fingerprint density at radius 3 is 2.68 bits per heavy atom. The lowest BCUT2D eigenvalue weighted by atomic mass is 9.97. The average molecular weight is 423 g/mol. The summed E-state index contributed by atoms with van der Waals surface area (Å²) in [6.45, 7) is 8.10. The van der Waals surface area contributed by atoms with E-state index in [0.717, 1.165) is 50.2 Å². The molecule has 1 N–H and O–H groups in total. The van der Waals surface area contributed by atoms with Gasteiger partial charge in [-0.05, 0) is 91.3 Å². The van der Waals surface area contributed by atoms with Gasteiger partial charge in [0.25, 0.3) is 0 Å². The second kappa shape index (κ2) is 9.87. The monoisotopic (exact) mass is 422 g/mol. The summed E-state index contributed by atoms with van der Waals surface area (Å²) < 4.78 is 33.8. The summed E-state index contributed by atoms with van der Waals surface area (Å²) in [5, 5.41) is 4.31. The molecule has 1 aliphatic heterocycles. The van der Waals surface area contributed by atoms with Gasteiger partial charge in [-0.1, -0.05) is 6.92 Å². The molecule has 28 heavy (non-hydrogen) atoms. The van der Waals surface area contributed by atoms with Gasteiger partial charge in [-0.3, -0.25) is 4.90 Å².